The van der Waals surface area contributed by atoms with E-state index in [1.54, 1.807) is 4.90 Å². The maximum Gasteiger partial charge on any atom is 0.407 e. The smallest absolute Gasteiger partial charge is 0.407 e. The quantitative estimate of drug-likeness (QED) is 0.715. The van der Waals surface area contributed by atoms with Crippen LogP contribution in [-0.2, 0) is 4.74 Å². The second-order valence-corrected chi connectivity index (χ2v) is 7.50. The normalized spacial score (nSPS) is 17.9. The van der Waals surface area contributed by atoms with E-state index in [-0.39, 0.29) is 12.1 Å². The number of hydrogen-bond acceptors (Lipinski definition) is 4. The molecule has 1 unspecified atom stereocenters. The predicted molar refractivity (Wildman–Crippen MR) is 90.2 cm³/mol. The molecule has 134 valence electrons. The minimum Gasteiger partial charge on any atom is -0.444 e. The van der Waals surface area contributed by atoms with Crippen molar-refractivity contribution in [1.82, 2.24) is 15.5 Å². The SMILES string of the molecule is CC(C)C(CNC(=O)OC(C)(C)C)NC1CCN(C(N)=O)CC1. The summed E-state index contributed by atoms with van der Waals surface area (Å²) in [5.41, 5.74) is 4.81. The lowest BCUT2D eigenvalue weighted by molar-refractivity contribution is 0.0517. The molecule has 0 spiro atoms. The zero-order valence-electron chi connectivity index (χ0n) is 15.0. The summed E-state index contributed by atoms with van der Waals surface area (Å²) in [6, 6.07) is 0.140. The van der Waals surface area contributed by atoms with Gasteiger partial charge in [-0.25, -0.2) is 9.59 Å². The van der Waals surface area contributed by atoms with Crippen molar-refractivity contribution in [3.63, 3.8) is 0 Å². The topological polar surface area (TPSA) is 96.7 Å². The van der Waals surface area contributed by atoms with Crippen LogP contribution in [0.4, 0.5) is 9.59 Å². The second kappa shape index (κ2) is 8.38. The maximum absolute atomic E-state index is 11.8. The van der Waals surface area contributed by atoms with Gasteiger partial charge in [-0.05, 0) is 39.5 Å². The molecule has 0 saturated carbocycles. The van der Waals surface area contributed by atoms with E-state index in [0.717, 1.165) is 12.8 Å². The molecular formula is C16H32N4O3. The summed E-state index contributed by atoms with van der Waals surface area (Å²) >= 11 is 0. The van der Waals surface area contributed by atoms with E-state index in [1.807, 2.05) is 20.8 Å². The van der Waals surface area contributed by atoms with Gasteiger partial charge in [0, 0.05) is 31.7 Å². The van der Waals surface area contributed by atoms with Crippen LogP contribution in [0, 0.1) is 5.92 Å². The van der Waals surface area contributed by atoms with Gasteiger partial charge in [-0.15, -0.1) is 0 Å². The number of nitrogens with zero attached hydrogens (tertiary/aromatic N) is 1. The van der Waals surface area contributed by atoms with Gasteiger partial charge in [-0.1, -0.05) is 13.8 Å². The minimum atomic E-state index is -0.494. The summed E-state index contributed by atoms with van der Waals surface area (Å²) in [5, 5.41) is 6.41. The number of carbonyl (C=O) groups excluding carboxylic acids is 2. The molecule has 0 aliphatic carbocycles. The lowest BCUT2D eigenvalue weighted by atomic mass is 9.99. The molecule has 4 N–H and O–H groups in total. The Kier molecular flexibility index (Phi) is 7.12. The number of alkyl carbamates (subject to hydrolysis) is 1. The molecule has 1 rings (SSSR count). The van der Waals surface area contributed by atoms with E-state index in [0.29, 0.717) is 31.6 Å². The maximum atomic E-state index is 11.8. The number of urea groups is 1. The van der Waals surface area contributed by atoms with Crippen molar-refractivity contribution in [2.24, 2.45) is 11.7 Å². The van der Waals surface area contributed by atoms with Gasteiger partial charge in [0.1, 0.15) is 5.60 Å². The molecule has 1 heterocycles. The van der Waals surface area contributed by atoms with E-state index in [4.69, 9.17) is 10.5 Å². The van der Waals surface area contributed by atoms with Gasteiger partial charge >= 0.3 is 12.1 Å². The van der Waals surface area contributed by atoms with Crippen LogP contribution < -0.4 is 16.4 Å². The highest BCUT2D eigenvalue weighted by molar-refractivity contribution is 5.72. The van der Waals surface area contributed by atoms with E-state index in [9.17, 15) is 9.59 Å². The van der Waals surface area contributed by atoms with Crippen molar-refractivity contribution in [3.05, 3.63) is 0 Å². The number of piperidine rings is 1. The number of primary amides is 1. The Bertz CT molecular complexity index is 399. The third-order valence-electron chi connectivity index (χ3n) is 3.93. The van der Waals surface area contributed by atoms with Crippen LogP contribution in [0.25, 0.3) is 0 Å². The van der Waals surface area contributed by atoms with Crippen molar-refractivity contribution < 1.29 is 14.3 Å². The fourth-order valence-electron chi connectivity index (χ4n) is 2.56. The molecule has 1 saturated heterocycles. The third-order valence-corrected chi connectivity index (χ3v) is 3.93. The summed E-state index contributed by atoms with van der Waals surface area (Å²) in [6.45, 7) is 11.6. The standard InChI is InChI=1S/C16H32N4O3/c1-11(2)13(10-18-15(22)23-16(3,4)5)19-12-6-8-20(9-7-12)14(17)21/h11-13,19H,6-10H2,1-5H3,(H2,17,21)(H,18,22). The van der Waals surface area contributed by atoms with Crippen LogP contribution in [0.3, 0.4) is 0 Å². The van der Waals surface area contributed by atoms with Gasteiger partial charge < -0.3 is 26.0 Å². The lowest BCUT2D eigenvalue weighted by Crippen LogP contribution is -2.53. The molecule has 0 radical (unpaired) electrons. The number of carbonyl (C=O) groups is 2. The Morgan fingerprint density at radius 2 is 1.83 bits per heavy atom. The first-order valence-corrected chi connectivity index (χ1v) is 8.35. The number of likely N-dealkylation sites (tertiary alicyclic amines) is 1. The van der Waals surface area contributed by atoms with Crippen LogP contribution in [0.15, 0.2) is 0 Å². The number of ether oxygens (including phenoxy) is 1. The van der Waals surface area contributed by atoms with Gasteiger partial charge in [0.25, 0.3) is 0 Å². The first-order valence-electron chi connectivity index (χ1n) is 8.35. The summed E-state index contributed by atoms with van der Waals surface area (Å²) in [4.78, 5) is 24.6. The fraction of sp³-hybridized carbons (Fsp3) is 0.875. The molecule has 23 heavy (non-hydrogen) atoms. The lowest BCUT2D eigenvalue weighted by Gasteiger charge is -2.35. The Balaban J connectivity index is 2.41. The number of rotatable bonds is 5. The summed E-state index contributed by atoms with van der Waals surface area (Å²) in [6.07, 6.45) is 1.35. The van der Waals surface area contributed by atoms with Crippen LogP contribution in [-0.4, -0.2) is 54.3 Å². The van der Waals surface area contributed by atoms with E-state index < -0.39 is 11.7 Å². The molecule has 7 nitrogen and oxygen atoms in total. The second-order valence-electron chi connectivity index (χ2n) is 7.50. The van der Waals surface area contributed by atoms with Crippen LogP contribution in [0.5, 0.6) is 0 Å². The van der Waals surface area contributed by atoms with Crippen molar-refractivity contribution in [2.75, 3.05) is 19.6 Å². The Hall–Kier alpha value is -1.50. The first kappa shape index (κ1) is 19.5. The van der Waals surface area contributed by atoms with Crippen molar-refractivity contribution in [1.29, 1.82) is 0 Å². The molecule has 3 amide bonds. The highest BCUT2D eigenvalue weighted by Crippen LogP contribution is 2.13. The van der Waals surface area contributed by atoms with Gasteiger partial charge in [-0.2, -0.15) is 0 Å². The molecule has 1 aliphatic rings. The molecule has 0 aromatic heterocycles. The molecule has 0 aromatic carbocycles. The summed E-state index contributed by atoms with van der Waals surface area (Å²) < 4.78 is 5.26. The minimum absolute atomic E-state index is 0.160. The molecule has 1 atom stereocenters. The monoisotopic (exact) mass is 328 g/mol. The van der Waals surface area contributed by atoms with Crippen LogP contribution >= 0.6 is 0 Å². The van der Waals surface area contributed by atoms with Crippen LogP contribution in [0.2, 0.25) is 0 Å². The van der Waals surface area contributed by atoms with Crippen molar-refractivity contribution >= 4 is 12.1 Å². The number of nitrogens with one attached hydrogen (secondary N) is 2. The van der Waals surface area contributed by atoms with Gasteiger partial charge in [0.2, 0.25) is 0 Å². The van der Waals surface area contributed by atoms with Crippen molar-refractivity contribution in [3.8, 4) is 0 Å². The van der Waals surface area contributed by atoms with Crippen molar-refractivity contribution in [2.45, 2.75) is 65.1 Å². The highest BCUT2D eigenvalue weighted by atomic mass is 16.6. The zero-order chi connectivity index (χ0) is 17.6. The number of nitrogens with two attached hydrogens (primary N) is 1. The molecule has 7 heteroatoms. The first-order chi connectivity index (χ1) is 10.6. The summed E-state index contributed by atoms with van der Waals surface area (Å²) in [7, 11) is 0. The largest absolute Gasteiger partial charge is 0.444 e. The molecule has 1 aliphatic heterocycles. The number of hydrogen-bond donors (Lipinski definition) is 3. The molecule has 0 aromatic rings. The van der Waals surface area contributed by atoms with E-state index >= 15 is 0 Å². The number of amides is 3. The Morgan fingerprint density at radius 1 is 1.26 bits per heavy atom. The third kappa shape index (κ3) is 7.54. The highest BCUT2D eigenvalue weighted by Gasteiger charge is 2.25. The fourth-order valence-corrected chi connectivity index (χ4v) is 2.56. The molecule has 1 fully saturated rings. The molecule has 0 bridgehead atoms. The Labute approximate surface area is 139 Å². The predicted octanol–water partition coefficient (Wildman–Crippen LogP) is 1.67. The van der Waals surface area contributed by atoms with E-state index in [1.165, 1.54) is 0 Å². The average molecular weight is 328 g/mol. The Morgan fingerprint density at radius 3 is 2.26 bits per heavy atom. The molecular weight excluding hydrogens is 296 g/mol. The van der Waals surface area contributed by atoms with Gasteiger partial charge in [0.05, 0.1) is 0 Å². The summed E-state index contributed by atoms with van der Waals surface area (Å²) in [5.74, 6) is 0.374. The van der Waals surface area contributed by atoms with Crippen LogP contribution in [0.1, 0.15) is 47.5 Å². The zero-order valence-corrected chi connectivity index (χ0v) is 15.0. The van der Waals surface area contributed by atoms with E-state index in [2.05, 4.69) is 24.5 Å². The van der Waals surface area contributed by atoms with Gasteiger partial charge in [0.15, 0.2) is 0 Å². The average Bonchev–Trinajstić information content (AvgIpc) is 2.41. The van der Waals surface area contributed by atoms with Gasteiger partial charge in [-0.3, -0.25) is 0 Å².